The molecule has 7 nitrogen and oxygen atoms in total. The van der Waals surface area contributed by atoms with E-state index in [0.29, 0.717) is 11.4 Å². The molecule has 0 radical (unpaired) electrons. The van der Waals surface area contributed by atoms with Crippen molar-refractivity contribution in [3.05, 3.63) is 77.1 Å². The van der Waals surface area contributed by atoms with Crippen LogP contribution in [0.1, 0.15) is 28.2 Å². The van der Waals surface area contributed by atoms with Crippen molar-refractivity contribution < 1.29 is 9.53 Å². The van der Waals surface area contributed by atoms with Crippen LogP contribution in [0.15, 0.2) is 48.9 Å². The molecule has 152 valence electrons. The number of amides is 1. The van der Waals surface area contributed by atoms with E-state index in [4.69, 9.17) is 4.74 Å². The van der Waals surface area contributed by atoms with E-state index in [2.05, 4.69) is 20.3 Å². The van der Waals surface area contributed by atoms with Gasteiger partial charge in [-0.25, -0.2) is 19.7 Å². The molecule has 0 aliphatic heterocycles. The number of aromatic nitrogens is 4. The van der Waals surface area contributed by atoms with Gasteiger partial charge in [-0.2, -0.15) is 0 Å². The van der Waals surface area contributed by atoms with Crippen LogP contribution in [0.3, 0.4) is 0 Å². The van der Waals surface area contributed by atoms with Gasteiger partial charge < -0.3 is 9.30 Å². The lowest BCUT2D eigenvalue weighted by molar-refractivity contribution is 0.154. The molecular weight excluding hydrogens is 378 g/mol. The molecule has 0 atom stereocenters. The average Bonchev–Trinajstić information content (AvgIpc) is 3.18. The Labute approximate surface area is 174 Å². The first-order valence-corrected chi connectivity index (χ1v) is 9.68. The zero-order valence-corrected chi connectivity index (χ0v) is 17.4. The van der Waals surface area contributed by atoms with Crippen LogP contribution in [0.5, 0.6) is 0 Å². The zero-order valence-electron chi connectivity index (χ0n) is 17.4. The normalized spacial score (nSPS) is 10.9. The van der Waals surface area contributed by atoms with E-state index in [9.17, 15) is 4.79 Å². The van der Waals surface area contributed by atoms with Gasteiger partial charge in [-0.05, 0) is 57.5 Å². The summed E-state index contributed by atoms with van der Waals surface area (Å²) in [4.78, 5) is 25.6. The van der Waals surface area contributed by atoms with Crippen molar-refractivity contribution in [3.8, 4) is 5.69 Å². The highest BCUT2D eigenvalue weighted by Crippen LogP contribution is 2.22. The molecule has 0 saturated carbocycles. The summed E-state index contributed by atoms with van der Waals surface area (Å²) < 4.78 is 7.20. The van der Waals surface area contributed by atoms with E-state index in [1.54, 1.807) is 6.33 Å². The van der Waals surface area contributed by atoms with Crippen LogP contribution in [0, 0.1) is 27.7 Å². The molecule has 2 heterocycles. The molecule has 2 aromatic heterocycles. The van der Waals surface area contributed by atoms with E-state index >= 15 is 0 Å². The third kappa shape index (κ3) is 4.15. The molecule has 1 N–H and O–H groups in total. The zero-order chi connectivity index (χ0) is 21.3. The highest BCUT2D eigenvalue weighted by molar-refractivity contribution is 5.84. The average molecular weight is 401 g/mol. The predicted octanol–water partition coefficient (Wildman–Crippen LogP) is 4.80. The lowest BCUT2D eigenvalue weighted by Crippen LogP contribution is -2.13. The Morgan fingerprint density at radius 3 is 2.37 bits per heavy atom. The Bertz CT molecular complexity index is 1230. The van der Waals surface area contributed by atoms with Gasteiger partial charge in [-0.1, -0.05) is 17.7 Å². The van der Waals surface area contributed by atoms with Crippen molar-refractivity contribution >= 4 is 22.8 Å². The van der Waals surface area contributed by atoms with E-state index in [1.165, 1.54) is 0 Å². The molecular formula is C23H23N5O2. The minimum atomic E-state index is -0.517. The maximum absolute atomic E-state index is 12.0. The summed E-state index contributed by atoms with van der Waals surface area (Å²) in [5, 5.41) is 2.71. The standard InChI is InChI=1S/C23H23N5O2/c1-14-5-7-18(8-6-14)27-23(29)30-12-19-11-28(13-24-19)22-10-21-20(9-15(22)2)25-16(3)17(4)26-21/h5-11,13H,12H2,1-4H3,(H,27,29). The summed E-state index contributed by atoms with van der Waals surface area (Å²) in [6, 6.07) is 11.5. The second kappa shape index (κ2) is 7.94. The number of fused-ring (bicyclic) bond motifs is 1. The van der Waals surface area contributed by atoms with Crippen LogP contribution in [-0.4, -0.2) is 25.6 Å². The second-order valence-electron chi connectivity index (χ2n) is 7.36. The molecule has 4 aromatic rings. The van der Waals surface area contributed by atoms with Gasteiger partial charge in [-0.3, -0.25) is 5.32 Å². The second-order valence-corrected chi connectivity index (χ2v) is 7.36. The van der Waals surface area contributed by atoms with Crippen LogP contribution < -0.4 is 5.32 Å². The van der Waals surface area contributed by atoms with Gasteiger partial charge in [0, 0.05) is 11.9 Å². The fourth-order valence-electron chi connectivity index (χ4n) is 3.15. The fraction of sp³-hybridized carbons (Fsp3) is 0.217. The predicted molar refractivity (Wildman–Crippen MR) is 116 cm³/mol. The van der Waals surface area contributed by atoms with Crippen molar-refractivity contribution in [2.24, 2.45) is 0 Å². The molecule has 1 amide bonds. The van der Waals surface area contributed by atoms with E-state index < -0.39 is 6.09 Å². The number of carbonyl (C=O) groups excluding carboxylic acids is 1. The van der Waals surface area contributed by atoms with E-state index in [-0.39, 0.29) is 6.61 Å². The van der Waals surface area contributed by atoms with Gasteiger partial charge in [0.25, 0.3) is 0 Å². The minimum absolute atomic E-state index is 0.0788. The minimum Gasteiger partial charge on any atom is -0.443 e. The number of aryl methyl sites for hydroxylation is 4. The van der Waals surface area contributed by atoms with Crippen molar-refractivity contribution in [2.45, 2.75) is 34.3 Å². The number of ether oxygens (including phenoxy) is 1. The maximum atomic E-state index is 12.0. The Hall–Kier alpha value is -3.74. The lowest BCUT2D eigenvalue weighted by Gasteiger charge is -2.09. The van der Waals surface area contributed by atoms with E-state index in [0.717, 1.165) is 39.2 Å². The van der Waals surface area contributed by atoms with Crippen LogP contribution in [-0.2, 0) is 11.3 Å². The Morgan fingerprint density at radius 2 is 1.67 bits per heavy atom. The van der Waals surface area contributed by atoms with Gasteiger partial charge in [-0.15, -0.1) is 0 Å². The number of hydrogen-bond donors (Lipinski definition) is 1. The van der Waals surface area contributed by atoms with Crippen LogP contribution in [0.25, 0.3) is 16.7 Å². The number of hydrogen-bond acceptors (Lipinski definition) is 5. The molecule has 4 rings (SSSR count). The number of benzene rings is 2. The molecule has 0 unspecified atom stereocenters. The molecule has 0 saturated heterocycles. The summed E-state index contributed by atoms with van der Waals surface area (Å²) in [7, 11) is 0. The largest absolute Gasteiger partial charge is 0.443 e. The summed E-state index contributed by atoms with van der Waals surface area (Å²) in [6.45, 7) is 8.01. The van der Waals surface area contributed by atoms with Gasteiger partial charge in [0.2, 0.25) is 0 Å². The van der Waals surface area contributed by atoms with Crippen molar-refractivity contribution in [1.29, 1.82) is 0 Å². The monoisotopic (exact) mass is 401 g/mol. The Morgan fingerprint density at radius 1 is 1.00 bits per heavy atom. The number of rotatable bonds is 4. The van der Waals surface area contributed by atoms with Gasteiger partial charge in [0.1, 0.15) is 6.61 Å². The highest BCUT2D eigenvalue weighted by Gasteiger charge is 2.10. The van der Waals surface area contributed by atoms with Gasteiger partial charge in [0.15, 0.2) is 0 Å². The first kappa shape index (κ1) is 19.6. The van der Waals surface area contributed by atoms with Crippen molar-refractivity contribution in [2.75, 3.05) is 5.32 Å². The summed E-state index contributed by atoms with van der Waals surface area (Å²) in [5.74, 6) is 0. The quantitative estimate of drug-likeness (QED) is 0.531. The third-order valence-corrected chi connectivity index (χ3v) is 4.96. The maximum Gasteiger partial charge on any atom is 0.412 e. The number of carbonyl (C=O) groups is 1. The lowest BCUT2D eigenvalue weighted by atomic mass is 10.1. The molecule has 0 aliphatic rings. The number of imidazole rings is 1. The topological polar surface area (TPSA) is 81.9 Å². The smallest absolute Gasteiger partial charge is 0.412 e. The van der Waals surface area contributed by atoms with Crippen molar-refractivity contribution in [1.82, 2.24) is 19.5 Å². The first-order valence-electron chi connectivity index (χ1n) is 9.68. The van der Waals surface area contributed by atoms with Crippen LogP contribution in [0.4, 0.5) is 10.5 Å². The molecule has 0 spiro atoms. The third-order valence-electron chi connectivity index (χ3n) is 4.96. The first-order chi connectivity index (χ1) is 14.4. The molecule has 0 bridgehead atoms. The van der Waals surface area contributed by atoms with Crippen LogP contribution >= 0.6 is 0 Å². The Balaban J connectivity index is 1.47. The summed E-state index contributed by atoms with van der Waals surface area (Å²) >= 11 is 0. The number of nitrogens with one attached hydrogen (secondary N) is 1. The van der Waals surface area contributed by atoms with Gasteiger partial charge in [0.05, 0.1) is 40.1 Å². The SMILES string of the molecule is Cc1ccc(NC(=O)OCc2cn(-c3cc4nc(C)c(C)nc4cc3C)cn2)cc1. The van der Waals surface area contributed by atoms with Crippen LogP contribution in [0.2, 0.25) is 0 Å². The molecule has 2 aromatic carbocycles. The summed E-state index contributed by atoms with van der Waals surface area (Å²) in [5.41, 5.74) is 8.04. The molecule has 0 fully saturated rings. The molecule has 0 aliphatic carbocycles. The van der Waals surface area contributed by atoms with Gasteiger partial charge >= 0.3 is 6.09 Å². The van der Waals surface area contributed by atoms with Crippen molar-refractivity contribution in [3.63, 3.8) is 0 Å². The summed E-state index contributed by atoms with van der Waals surface area (Å²) in [6.07, 6.45) is 3.04. The molecule has 30 heavy (non-hydrogen) atoms. The van der Waals surface area contributed by atoms with E-state index in [1.807, 2.05) is 74.9 Å². The molecule has 7 heteroatoms. The Kier molecular flexibility index (Phi) is 5.18. The number of nitrogens with zero attached hydrogens (tertiary/aromatic N) is 4. The number of anilines is 1. The fourth-order valence-corrected chi connectivity index (χ4v) is 3.15. The highest BCUT2D eigenvalue weighted by atomic mass is 16.5.